The minimum Gasteiger partial charge on any atom is -0.481 e. The summed E-state index contributed by atoms with van der Waals surface area (Å²) in [5, 5.41) is 8.81. The van der Waals surface area contributed by atoms with Gasteiger partial charge in [0.15, 0.2) is 0 Å². The topological polar surface area (TPSA) is 63.6 Å². The fourth-order valence-electron chi connectivity index (χ4n) is 5.26. The quantitative estimate of drug-likeness (QED) is 0.0482. The Kier molecular flexibility index (Phi) is 32.2. The molecule has 0 rings (SSSR count). The molecule has 0 amide bonds. The van der Waals surface area contributed by atoms with Gasteiger partial charge in [-0.15, -0.1) is 0 Å². The number of carboxylic acid groups (broad SMARTS) is 1. The minimum absolute atomic E-state index is 0.0236. The molecule has 42 heavy (non-hydrogen) atoms. The molecular formula is C38H68O4. The van der Waals surface area contributed by atoms with Gasteiger partial charge in [0.2, 0.25) is 0 Å². The van der Waals surface area contributed by atoms with Gasteiger partial charge in [0.1, 0.15) is 6.10 Å². The number of hydrogen-bond donors (Lipinski definition) is 1. The summed E-state index contributed by atoms with van der Waals surface area (Å²) >= 11 is 0. The van der Waals surface area contributed by atoms with Crippen LogP contribution in [0.5, 0.6) is 0 Å². The molecule has 0 aromatic rings. The zero-order valence-corrected chi connectivity index (χ0v) is 27.8. The molecule has 0 saturated heterocycles. The van der Waals surface area contributed by atoms with E-state index in [0.29, 0.717) is 6.42 Å². The predicted octanol–water partition coefficient (Wildman–Crippen LogP) is 12.2. The number of carboxylic acids is 1. The van der Waals surface area contributed by atoms with Gasteiger partial charge < -0.3 is 9.84 Å². The van der Waals surface area contributed by atoms with Crippen LogP contribution in [0.25, 0.3) is 0 Å². The Labute approximate surface area is 260 Å². The van der Waals surface area contributed by atoms with Crippen LogP contribution in [-0.4, -0.2) is 23.1 Å². The highest BCUT2D eigenvalue weighted by atomic mass is 16.5. The number of ether oxygens (including phenoxy) is 1. The van der Waals surface area contributed by atoms with Crippen LogP contribution >= 0.6 is 0 Å². The van der Waals surface area contributed by atoms with E-state index < -0.39 is 5.97 Å². The van der Waals surface area contributed by atoms with Crippen LogP contribution in [0.15, 0.2) is 36.5 Å². The molecule has 0 saturated carbocycles. The molecule has 4 nitrogen and oxygen atoms in total. The second-order valence-electron chi connectivity index (χ2n) is 12.0. The largest absolute Gasteiger partial charge is 0.481 e. The maximum absolute atomic E-state index is 12.6. The summed E-state index contributed by atoms with van der Waals surface area (Å²) in [6, 6.07) is 0. The van der Waals surface area contributed by atoms with Crippen molar-refractivity contribution in [2.75, 3.05) is 0 Å². The van der Waals surface area contributed by atoms with Crippen molar-refractivity contribution in [2.24, 2.45) is 0 Å². The van der Waals surface area contributed by atoms with Crippen molar-refractivity contribution >= 4 is 11.9 Å². The second-order valence-corrected chi connectivity index (χ2v) is 12.0. The average molecular weight is 589 g/mol. The van der Waals surface area contributed by atoms with E-state index in [4.69, 9.17) is 9.84 Å². The zero-order chi connectivity index (χ0) is 30.8. The minimum atomic E-state index is -0.713. The van der Waals surface area contributed by atoms with Gasteiger partial charge in [-0.1, -0.05) is 140 Å². The Morgan fingerprint density at radius 3 is 1.55 bits per heavy atom. The third-order valence-corrected chi connectivity index (χ3v) is 7.88. The summed E-state index contributed by atoms with van der Waals surface area (Å²) in [7, 11) is 0. The van der Waals surface area contributed by atoms with E-state index in [1.807, 2.05) is 0 Å². The van der Waals surface area contributed by atoms with E-state index in [1.165, 1.54) is 83.5 Å². The first-order valence-electron chi connectivity index (χ1n) is 18.0. The average Bonchev–Trinajstić information content (AvgIpc) is 2.97. The molecule has 0 aromatic carbocycles. The van der Waals surface area contributed by atoms with Crippen LogP contribution in [0.2, 0.25) is 0 Å². The van der Waals surface area contributed by atoms with E-state index in [2.05, 4.69) is 50.3 Å². The molecule has 0 spiro atoms. The zero-order valence-electron chi connectivity index (χ0n) is 27.8. The first-order chi connectivity index (χ1) is 20.6. The number of carbonyl (C=O) groups is 2. The molecule has 0 aromatic heterocycles. The standard InChI is InChI=1S/C38H68O4/c1-3-5-7-9-11-13-14-15-16-17-18-19-20-21-23-25-31-35-38(41)42-36(33-29-26-27-30-34-37(39)40)32-28-24-22-12-10-8-6-4-2/h5,7,11,13,15-16,36H,3-4,6,8-10,12,14,17-35H2,1-2H3,(H,39,40)/b7-5-,13-11-,16-15-. The maximum Gasteiger partial charge on any atom is 0.306 e. The maximum atomic E-state index is 12.6. The summed E-state index contributed by atoms with van der Waals surface area (Å²) < 4.78 is 5.94. The molecule has 0 fully saturated rings. The van der Waals surface area contributed by atoms with Crippen LogP contribution in [0.3, 0.4) is 0 Å². The lowest BCUT2D eigenvalue weighted by atomic mass is 10.0. The number of hydrogen-bond acceptors (Lipinski definition) is 3. The Balaban J connectivity index is 3.94. The predicted molar refractivity (Wildman–Crippen MR) is 181 cm³/mol. The highest BCUT2D eigenvalue weighted by molar-refractivity contribution is 5.69. The second kappa shape index (κ2) is 33.7. The van der Waals surface area contributed by atoms with Crippen molar-refractivity contribution in [1.82, 2.24) is 0 Å². The summed E-state index contributed by atoms with van der Waals surface area (Å²) in [4.78, 5) is 23.3. The van der Waals surface area contributed by atoms with Gasteiger partial charge in [-0.25, -0.2) is 0 Å². The van der Waals surface area contributed by atoms with Crippen molar-refractivity contribution in [3.8, 4) is 0 Å². The van der Waals surface area contributed by atoms with E-state index in [1.54, 1.807) is 0 Å². The Morgan fingerprint density at radius 1 is 0.548 bits per heavy atom. The Hall–Kier alpha value is -1.84. The lowest BCUT2D eigenvalue weighted by Gasteiger charge is -2.18. The SMILES string of the molecule is CC/C=C\C/C=C\C/C=C\CCCCCCCCCC(=O)OC(CCCCCCCCCC)CCCCCCC(=O)O. The van der Waals surface area contributed by atoms with Crippen LogP contribution in [0.4, 0.5) is 0 Å². The van der Waals surface area contributed by atoms with Crippen LogP contribution in [-0.2, 0) is 14.3 Å². The third kappa shape index (κ3) is 32.7. The fraction of sp³-hybridized carbons (Fsp3) is 0.789. The van der Waals surface area contributed by atoms with Crippen molar-refractivity contribution in [1.29, 1.82) is 0 Å². The molecule has 0 radical (unpaired) electrons. The molecule has 1 atom stereocenters. The fourth-order valence-corrected chi connectivity index (χ4v) is 5.26. The summed E-state index contributed by atoms with van der Waals surface area (Å²) in [6.45, 7) is 4.42. The van der Waals surface area contributed by atoms with Gasteiger partial charge in [-0.3, -0.25) is 9.59 Å². The van der Waals surface area contributed by atoms with Gasteiger partial charge in [0, 0.05) is 12.8 Å². The van der Waals surface area contributed by atoms with E-state index in [9.17, 15) is 9.59 Å². The smallest absolute Gasteiger partial charge is 0.306 e. The Morgan fingerprint density at radius 2 is 1.00 bits per heavy atom. The number of allylic oxidation sites excluding steroid dienone is 6. The Bertz CT molecular complexity index is 679. The molecular weight excluding hydrogens is 520 g/mol. The molecule has 4 heteroatoms. The van der Waals surface area contributed by atoms with Gasteiger partial charge in [0.05, 0.1) is 0 Å². The molecule has 0 aliphatic heterocycles. The van der Waals surface area contributed by atoms with Crippen molar-refractivity contribution in [2.45, 2.75) is 193 Å². The van der Waals surface area contributed by atoms with Crippen LogP contribution in [0.1, 0.15) is 187 Å². The van der Waals surface area contributed by atoms with Gasteiger partial charge in [-0.2, -0.15) is 0 Å². The van der Waals surface area contributed by atoms with Gasteiger partial charge >= 0.3 is 11.9 Å². The highest BCUT2D eigenvalue weighted by Crippen LogP contribution is 2.18. The van der Waals surface area contributed by atoms with Gasteiger partial charge in [0.25, 0.3) is 0 Å². The summed E-state index contributed by atoms with van der Waals surface area (Å²) in [5.41, 5.74) is 0. The van der Waals surface area contributed by atoms with Crippen LogP contribution < -0.4 is 0 Å². The molecule has 1 unspecified atom stereocenters. The first kappa shape index (κ1) is 40.2. The van der Waals surface area contributed by atoms with Gasteiger partial charge in [-0.05, 0) is 70.6 Å². The van der Waals surface area contributed by atoms with E-state index in [0.717, 1.165) is 77.0 Å². The molecule has 0 aliphatic rings. The first-order valence-corrected chi connectivity index (χ1v) is 18.0. The molecule has 244 valence electrons. The van der Waals surface area contributed by atoms with Crippen molar-refractivity contribution in [3.63, 3.8) is 0 Å². The van der Waals surface area contributed by atoms with Crippen LogP contribution in [0, 0.1) is 0 Å². The van der Waals surface area contributed by atoms with E-state index in [-0.39, 0.29) is 18.5 Å². The van der Waals surface area contributed by atoms with Crippen molar-refractivity contribution in [3.05, 3.63) is 36.5 Å². The normalized spacial score (nSPS) is 12.6. The summed E-state index contributed by atoms with van der Waals surface area (Å²) in [6.07, 6.45) is 43.0. The third-order valence-electron chi connectivity index (χ3n) is 7.88. The lowest BCUT2D eigenvalue weighted by molar-refractivity contribution is -0.150. The molecule has 0 heterocycles. The lowest BCUT2D eigenvalue weighted by Crippen LogP contribution is -2.18. The number of aliphatic carboxylic acids is 1. The van der Waals surface area contributed by atoms with Crippen molar-refractivity contribution < 1.29 is 19.4 Å². The number of carbonyl (C=O) groups excluding carboxylic acids is 1. The number of esters is 1. The molecule has 1 N–H and O–H groups in total. The summed E-state index contributed by atoms with van der Waals surface area (Å²) in [5.74, 6) is -0.737. The number of rotatable bonds is 32. The monoisotopic (exact) mass is 589 g/mol. The molecule has 0 bridgehead atoms. The van der Waals surface area contributed by atoms with E-state index >= 15 is 0 Å². The molecule has 0 aliphatic carbocycles. The highest BCUT2D eigenvalue weighted by Gasteiger charge is 2.14. The number of unbranched alkanes of at least 4 members (excludes halogenated alkanes) is 17.